The first kappa shape index (κ1) is 14.6. The molecule has 2 N–H and O–H groups in total. The van der Waals surface area contributed by atoms with Crippen molar-refractivity contribution in [3.8, 4) is 11.5 Å². The molecule has 17 heavy (non-hydrogen) atoms. The van der Waals surface area contributed by atoms with Gasteiger partial charge in [0.1, 0.15) is 18.1 Å². The minimum Gasteiger partial charge on any atom is -0.506 e. The van der Waals surface area contributed by atoms with Crippen LogP contribution in [0.3, 0.4) is 0 Å². The highest BCUT2D eigenvalue weighted by atomic mass is 127. The van der Waals surface area contributed by atoms with E-state index in [2.05, 4.69) is 6.58 Å². The summed E-state index contributed by atoms with van der Waals surface area (Å²) in [5.41, 5.74) is 0.749. The second kappa shape index (κ2) is 5.89. The lowest BCUT2D eigenvalue weighted by Gasteiger charge is -2.10. The molecule has 0 unspecified atom stereocenters. The normalized spacial score (nSPS) is 10.1. The first-order chi connectivity index (χ1) is 7.84. The first-order valence-electron chi connectivity index (χ1n) is 4.56. The van der Waals surface area contributed by atoms with Crippen LogP contribution in [0, 0.1) is 7.14 Å². The van der Waals surface area contributed by atoms with E-state index in [9.17, 15) is 15.0 Å². The fourth-order valence-corrected chi connectivity index (χ4v) is 2.82. The maximum Gasteiger partial charge on any atom is 0.333 e. The number of benzene rings is 1. The molecule has 0 aliphatic rings. The van der Waals surface area contributed by atoms with Gasteiger partial charge in [-0.3, -0.25) is 0 Å². The van der Waals surface area contributed by atoms with Crippen molar-refractivity contribution in [2.45, 2.75) is 13.5 Å². The zero-order valence-corrected chi connectivity index (χ0v) is 13.3. The first-order valence-corrected chi connectivity index (χ1v) is 6.71. The van der Waals surface area contributed by atoms with Crippen LogP contribution < -0.4 is 0 Å². The fourth-order valence-electron chi connectivity index (χ4n) is 1.02. The summed E-state index contributed by atoms with van der Waals surface area (Å²) in [7, 11) is 0. The van der Waals surface area contributed by atoms with Crippen LogP contribution in [0.1, 0.15) is 12.5 Å². The Balaban J connectivity index is 2.93. The zero-order valence-electron chi connectivity index (χ0n) is 8.96. The second-order valence-corrected chi connectivity index (χ2v) is 5.63. The standard InChI is InChI=1S/C11H10I2O4/c1-5(2)11(16)17-4-6-3-7(12)10(15)8(13)9(6)14/h3,14-15H,1,4H2,2H3. The quantitative estimate of drug-likeness (QED) is 0.414. The Morgan fingerprint density at radius 1 is 1.41 bits per heavy atom. The van der Waals surface area contributed by atoms with Crippen molar-refractivity contribution < 1.29 is 19.7 Å². The molecule has 0 saturated heterocycles. The van der Waals surface area contributed by atoms with Crippen LogP contribution in [-0.2, 0) is 16.1 Å². The van der Waals surface area contributed by atoms with Crippen molar-refractivity contribution >= 4 is 51.2 Å². The van der Waals surface area contributed by atoms with E-state index < -0.39 is 5.97 Å². The number of esters is 1. The molecule has 0 radical (unpaired) electrons. The van der Waals surface area contributed by atoms with Gasteiger partial charge < -0.3 is 14.9 Å². The molecule has 0 atom stereocenters. The molecule has 0 bridgehead atoms. The van der Waals surface area contributed by atoms with Crippen molar-refractivity contribution in [2.75, 3.05) is 0 Å². The number of halogens is 2. The number of hydrogen-bond donors (Lipinski definition) is 2. The lowest BCUT2D eigenvalue weighted by molar-refractivity contribution is -0.140. The Morgan fingerprint density at radius 3 is 2.53 bits per heavy atom. The molecular formula is C11H10I2O4. The van der Waals surface area contributed by atoms with E-state index in [0.29, 0.717) is 18.3 Å². The highest BCUT2D eigenvalue weighted by Gasteiger charge is 2.15. The number of aromatic hydroxyl groups is 2. The van der Waals surface area contributed by atoms with E-state index in [1.54, 1.807) is 13.0 Å². The van der Waals surface area contributed by atoms with Gasteiger partial charge in [0.05, 0.1) is 7.14 Å². The van der Waals surface area contributed by atoms with Gasteiger partial charge in [0.15, 0.2) is 0 Å². The molecule has 0 aliphatic heterocycles. The van der Waals surface area contributed by atoms with Gasteiger partial charge in [-0.2, -0.15) is 0 Å². The Kier molecular flexibility index (Phi) is 5.04. The van der Waals surface area contributed by atoms with Gasteiger partial charge in [-0.25, -0.2) is 4.79 Å². The minimum atomic E-state index is -0.512. The number of rotatable bonds is 3. The number of carbonyl (C=O) groups excluding carboxylic acids is 1. The molecule has 0 saturated carbocycles. The molecule has 0 aliphatic carbocycles. The molecule has 1 rings (SSSR count). The highest BCUT2D eigenvalue weighted by Crippen LogP contribution is 2.36. The molecule has 0 aromatic heterocycles. The van der Waals surface area contributed by atoms with Crippen molar-refractivity contribution in [2.24, 2.45) is 0 Å². The number of phenolic OH excluding ortho intramolecular Hbond substituents is 2. The SMILES string of the molecule is C=C(C)C(=O)OCc1cc(I)c(O)c(I)c1O. The van der Waals surface area contributed by atoms with Gasteiger partial charge in [-0.15, -0.1) is 0 Å². The van der Waals surface area contributed by atoms with Crippen molar-refractivity contribution in [1.82, 2.24) is 0 Å². The average Bonchev–Trinajstić information content (AvgIpc) is 2.28. The third-order valence-electron chi connectivity index (χ3n) is 1.95. The largest absolute Gasteiger partial charge is 0.506 e. The van der Waals surface area contributed by atoms with Crippen LogP contribution in [0.25, 0.3) is 0 Å². The van der Waals surface area contributed by atoms with Gasteiger partial charge in [-0.1, -0.05) is 6.58 Å². The summed E-state index contributed by atoms with van der Waals surface area (Å²) in [6, 6.07) is 1.57. The van der Waals surface area contributed by atoms with Crippen LogP contribution in [-0.4, -0.2) is 16.2 Å². The number of hydrogen-bond acceptors (Lipinski definition) is 4. The third-order valence-corrected chi connectivity index (χ3v) is 3.80. The van der Waals surface area contributed by atoms with Crippen molar-refractivity contribution in [3.05, 3.63) is 30.9 Å². The van der Waals surface area contributed by atoms with Crippen LogP contribution in [0.15, 0.2) is 18.2 Å². The maximum absolute atomic E-state index is 11.2. The van der Waals surface area contributed by atoms with Gasteiger partial charge in [0.2, 0.25) is 0 Å². The van der Waals surface area contributed by atoms with Crippen LogP contribution in [0.4, 0.5) is 0 Å². The molecule has 0 spiro atoms. The summed E-state index contributed by atoms with van der Waals surface area (Å²) >= 11 is 3.77. The summed E-state index contributed by atoms with van der Waals surface area (Å²) in [6.45, 7) is 4.96. The van der Waals surface area contributed by atoms with Crippen LogP contribution >= 0.6 is 45.2 Å². The average molecular weight is 460 g/mol. The maximum atomic E-state index is 11.2. The Morgan fingerprint density at radius 2 is 2.00 bits per heavy atom. The van der Waals surface area contributed by atoms with E-state index in [1.165, 1.54) is 0 Å². The van der Waals surface area contributed by atoms with E-state index >= 15 is 0 Å². The molecule has 1 aromatic carbocycles. The molecule has 0 fully saturated rings. The summed E-state index contributed by atoms with van der Waals surface area (Å²) in [5.74, 6) is -0.556. The molecule has 6 heteroatoms. The Hall–Kier alpha value is -0.510. The predicted octanol–water partition coefficient (Wildman–Crippen LogP) is 2.93. The lowest BCUT2D eigenvalue weighted by Crippen LogP contribution is -2.05. The van der Waals surface area contributed by atoms with E-state index in [0.717, 1.165) is 0 Å². The Labute approximate surface area is 126 Å². The van der Waals surface area contributed by atoms with Crippen molar-refractivity contribution in [3.63, 3.8) is 0 Å². The minimum absolute atomic E-state index is 0.0266. The predicted molar refractivity (Wildman–Crippen MR) is 79.8 cm³/mol. The van der Waals surface area contributed by atoms with E-state index in [-0.39, 0.29) is 18.1 Å². The Bertz CT molecular complexity index is 483. The van der Waals surface area contributed by atoms with E-state index in [1.807, 2.05) is 45.2 Å². The molecule has 4 nitrogen and oxygen atoms in total. The number of carbonyl (C=O) groups is 1. The molecule has 0 amide bonds. The fraction of sp³-hybridized carbons (Fsp3) is 0.182. The summed E-state index contributed by atoms with van der Waals surface area (Å²) in [5, 5.41) is 19.4. The topological polar surface area (TPSA) is 66.8 Å². The van der Waals surface area contributed by atoms with E-state index in [4.69, 9.17) is 4.74 Å². The molecular weight excluding hydrogens is 450 g/mol. The van der Waals surface area contributed by atoms with Crippen molar-refractivity contribution in [1.29, 1.82) is 0 Å². The monoisotopic (exact) mass is 460 g/mol. The molecule has 0 heterocycles. The summed E-state index contributed by atoms with van der Waals surface area (Å²) in [4.78, 5) is 11.2. The highest BCUT2D eigenvalue weighted by molar-refractivity contribution is 14.1. The van der Waals surface area contributed by atoms with Gasteiger partial charge in [-0.05, 0) is 58.2 Å². The molecule has 1 aromatic rings. The molecule has 92 valence electrons. The van der Waals surface area contributed by atoms with Gasteiger partial charge in [0, 0.05) is 11.1 Å². The van der Waals surface area contributed by atoms with Crippen LogP contribution in [0.5, 0.6) is 11.5 Å². The summed E-state index contributed by atoms with van der Waals surface area (Å²) in [6.07, 6.45) is 0. The number of phenols is 2. The van der Waals surface area contributed by atoms with Gasteiger partial charge >= 0.3 is 5.97 Å². The number of ether oxygens (including phenoxy) is 1. The van der Waals surface area contributed by atoms with Crippen LogP contribution in [0.2, 0.25) is 0 Å². The smallest absolute Gasteiger partial charge is 0.333 e. The third kappa shape index (κ3) is 3.47. The van der Waals surface area contributed by atoms with Gasteiger partial charge in [0.25, 0.3) is 0 Å². The zero-order chi connectivity index (χ0) is 13.2. The lowest BCUT2D eigenvalue weighted by atomic mass is 10.2. The summed E-state index contributed by atoms with van der Waals surface area (Å²) < 4.78 is 5.87. The second-order valence-electron chi connectivity index (χ2n) is 3.39.